The van der Waals surface area contributed by atoms with E-state index in [9.17, 15) is 9.59 Å². The smallest absolute Gasteiger partial charge is 0.274 e. The number of carbonyl (C=O) groups is 2. The maximum atomic E-state index is 13.4. The van der Waals surface area contributed by atoms with E-state index >= 15 is 0 Å². The van der Waals surface area contributed by atoms with Gasteiger partial charge in [0, 0.05) is 42.5 Å². The van der Waals surface area contributed by atoms with Crippen molar-refractivity contribution in [3.05, 3.63) is 88.7 Å². The van der Waals surface area contributed by atoms with E-state index in [0.717, 1.165) is 31.4 Å². The largest absolute Gasteiger partial charge is 0.351 e. The van der Waals surface area contributed by atoms with E-state index in [-0.39, 0.29) is 17.2 Å². The van der Waals surface area contributed by atoms with E-state index in [1.54, 1.807) is 46.3 Å². The molecule has 6 rings (SSSR count). The van der Waals surface area contributed by atoms with Gasteiger partial charge in [0.25, 0.3) is 11.8 Å². The zero-order valence-corrected chi connectivity index (χ0v) is 21.3. The van der Waals surface area contributed by atoms with Gasteiger partial charge in [0.05, 0.1) is 29.6 Å². The van der Waals surface area contributed by atoms with E-state index in [1.165, 1.54) is 12.0 Å². The first-order valence-electron chi connectivity index (χ1n) is 12.8. The number of fused-ring (bicyclic) bond motifs is 2. The van der Waals surface area contributed by atoms with Crippen LogP contribution in [0.3, 0.4) is 0 Å². The van der Waals surface area contributed by atoms with Crippen LogP contribution in [0, 0.1) is 0 Å². The lowest BCUT2D eigenvalue weighted by Crippen LogP contribution is -2.42. The predicted octanol–water partition coefficient (Wildman–Crippen LogP) is 4.47. The van der Waals surface area contributed by atoms with E-state index in [4.69, 9.17) is 11.6 Å². The van der Waals surface area contributed by atoms with Crippen LogP contribution < -0.4 is 5.32 Å². The number of imidazole rings is 1. The fourth-order valence-electron chi connectivity index (χ4n) is 5.78. The second-order valence-electron chi connectivity index (χ2n) is 10.1. The molecule has 37 heavy (non-hydrogen) atoms. The second kappa shape index (κ2) is 9.67. The Hall–Kier alpha value is -3.65. The number of halogens is 1. The average molecular weight is 517 g/mol. The summed E-state index contributed by atoms with van der Waals surface area (Å²) in [7, 11) is 0. The first kappa shape index (κ1) is 23.7. The third-order valence-electron chi connectivity index (χ3n) is 7.87. The third-order valence-corrected chi connectivity index (χ3v) is 8.12. The Morgan fingerprint density at radius 1 is 1.05 bits per heavy atom. The summed E-state index contributed by atoms with van der Waals surface area (Å²) in [5.41, 5.74) is 3.57. The zero-order chi connectivity index (χ0) is 25.4. The lowest BCUT2D eigenvalue weighted by atomic mass is 9.69. The summed E-state index contributed by atoms with van der Waals surface area (Å²) in [6.07, 6.45) is 10.9. The standard InChI is InChI=1S/C28H29ClN6O2/c29-21-8-6-20(7-9-21)28(10-2-1-3-11-28)18-31-26(36)23-5-4-12-35-25(23)15-24(32-35)27(37)33-13-14-34-19-30-16-22(34)17-33/h4-9,12,15-16,19H,1-3,10-11,13-14,17-18H2,(H,31,36). The van der Waals surface area contributed by atoms with Crippen LogP contribution in [0.25, 0.3) is 5.52 Å². The molecule has 0 saturated heterocycles. The molecule has 1 aromatic carbocycles. The van der Waals surface area contributed by atoms with Crippen molar-refractivity contribution in [1.29, 1.82) is 0 Å². The van der Waals surface area contributed by atoms with Crippen molar-refractivity contribution < 1.29 is 9.59 Å². The van der Waals surface area contributed by atoms with E-state index in [2.05, 4.69) is 32.1 Å². The van der Waals surface area contributed by atoms with Gasteiger partial charge in [-0.3, -0.25) is 9.59 Å². The molecule has 190 valence electrons. The highest BCUT2D eigenvalue weighted by molar-refractivity contribution is 6.30. The average Bonchev–Trinajstić information content (AvgIpc) is 3.59. The van der Waals surface area contributed by atoms with Crippen molar-refractivity contribution in [2.75, 3.05) is 13.1 Å². The van der Waals surface area contributed by atoms with Gasteiger partial charge in [-0.15, -0.1) is 0 Å². The number of rotatable bonds is 5. The number of carbonyl (C=O) groups excluding carboxylic acids is 2. The number of nitrogens with zero attached hydrogens (tertiary/aromatic N) is 5. The monoisotopic (exact) mass is 516 g/mol. The molecule has 3 aromatic heterocycles. The molecule has 4 heterocycles. The number of nitrogens with one attached hydrogen (secondary N) is 1. The van der Waals surface area contributed by atoms with Crippen molar-refractivity contribution in [2.24, 2.45) is 0 Å². The quantitative estimate of drug-likeness (QED) is 0.424. The van der Waals surface area contributed by atoms with Crippen molar-refractivity contribution >= 4 is 28.9 Å². The summed E-state index contributed by atoms with van der Waals surface area (Å²) in [5, 5.41) is 8.43. The predicted molar refractivity (Wildman–Crippen MR) is 141 cm³/mol. The Bertz CT molecular complexity index is 1450. The van der Waals surface area contributed by atoms with Crippen molar-refractivity contribution in [3.8, 4) is 0 Å². The molecular weight excluding hydrogens is 488 g/mol. The molecule has 0 radical (unpaired) electrons. The highest BCUT2D eigenvalue weighted by Crippen LogP contribution is 2.39. The van der Waals surface area contributed by atoms with Crippen molar-refractivity contribution in [2.45, 2.75) is 50.6 Å². The Morgan fingerprint density at radius 3 is 2.68 bits per heavy atom. The molecule has 0 bridgehead atoms. The minimum atomic E-state index is -0.162. The Labute approximate surface area is 220 Å². The molecule has 0 unspecified atom stereocenters. The summed E-state index contributed by atoms with van der Waals surface area (Å²) >= 11 is 6.14. The minimum absolute atomic E-state index is 0.105. The van der Waals surface area contributed by atoms with Crippen LogP contribution in [-0.2, 0) is 18.5 Å². The Balaban J connectivity index is 1.22. The van der Waals surface area contributed by atoms with Gasteiger partial charge in [0.15, 0.2) is 5.69 Å². The normalized spacial score (nSPS) is 16.9. The molecule has 1 fully saturated rings. The molecule has 2 amide bonds. The van der Waals surface area contributed by atoms with Gasteiger partial charge < -0.3 is 14.8 Å². The van der Waals surface area contributed by atoms with Gasteiger partial charge >= 0.3 is 0 Å². The van der Waals surface area contributed by atoms with Crippen LogP contribution in [0.1, 0.15) is 64.2 Å². The van der Waals surface area contributed by atoms with Gasteiger partial charge in [0.1, 0.15) is 0 Å². The summed E-state index contributed by atoms with van der Waals surface area (Å²) in [5.74, 6) is -0.309. The molecule has 9 heteroatoms. The minimum Gasteiger partial charge on any atom is -0.351 e. The molecular formula is C28H29ClN6O2. The van der Waals surface area contributed by atoms with Crippen LogP contribution in [0.4, 0.5) is 0 Å². The molecule has 2 aliphatic rings. The van der Waals surface area contributed by atoms with Gasteiger partial charge in [-0.2, -0.15) is 5.10 Å². The summed E-state index contributed by atoms with van der Waals surface area (Å²) in [4.78, 5) is 32.6. The summed E-state index contributed by atoms with van der Waals surface area (Å²) < 4.78 is 3.67. The zero-order valence-electron chi connectivity index (χ0n) is 20.6. The number of aromatic nitrogens is 4. The number of pyridine rings is 1. The first-order chi connectivity index (χ1) is 18.0. The molecule has 1 aliphatic heterocycles. The number of amides is 2. The SMILES string of the molecule is O=C(NCC1(c2ccc(Cl)cc2)CCCCC1)c1cccn2nc(C(=O)N3CCn4cncc4C3)cc12. The molecule has 1 aliphatic carbocycles. The van der Waals surface area contributed by atoms with E-state index < -0.39 is 0 Å². The second-order valence-corrected chi connectivity index (χ2v) is 10.6. The van der Waals surface area contributed by atoms with Gasteiger partial charge in [-0.1, -0.05) is 43.0 Å². The highest BCUT2D eigenvalue weighted by atomic mass is 35.5. The topological polar surface area (TPSA) is 84.5 Å². The number of hydrogen-bond acceptors (Lipinski definition) is 4. The lowest BCUT2D eigenvalue weighted by molar-refractivity contribution is 0.0704. The van der Waals surface area contributed by atoms with Crippen molar-refractivity contribution in [1.82, 2.24) is 29.4 Å². The Morgan fingerprint density at radius 2 is 1.86 bits per heavy atom. The van der Waals surface area contributed by atoms with Crippen LogP contribution in [0.15, 0.2) is 61.2 Å². The Kier molecular flexibility index (Phi) is 6.20. The number of hydrogen-bond donors (Lipinski definition) is 1. The van der Waals surface area contributed by atoms with Crippen LogP contribution in [-0.4, -0.2) is 49.0 Å². The molecule has 0 atom stereocenters. The lowest BCUT2D eigenvalue weighted by Gasteiger charge is -2.38. The maximum Gasteiger partial charge on any atom is 0.274 e. The third kappa shape index (κ3) is 4.50. The highest BCUT2D eigenvalue weighted by Gasteiger charge is 2.34. The summed E-state index contributed by atoms with van der Waals surface area (Å²) in [6, 6.07) is 13.3. The van der Waals surface area contributed by atoms with E-state index in [0.29, 0.717) is 48.0 Å². The van der Waals surface area contributed by atoms with Gasteiger partial charge in [0.2, 0.25) is 0 Å². The van der Waals surface area contributed by atoms with Crippen LogP contribution in [0.2, 0.25) is 5.02 Å². The first-order valence-corrected chi connectivity index (χ1v) is 13.2. The maximum absolute atomic E-state index is 13.4. The number of benzene rings is 1. The fourth-order valence-corrected chi connectivity index (χ4v) is 5.90. The van der Waals surface area contributed by atoms with Gasteiger partial charge in [-0.05, 0) is 48.7 Å². The van der Waals surface area contributed by atoms with Crippen LogP contribution >= 0.6 is 11.6 Å². The van der Waals surface area contributed by atoms with Crippen LogP contribution in [0.5, 0.6) is 0 Å². The molecule has 1 N–H and O–H groups in total. The molecule has 4 aromatic rings. The fraction of sp³-hybridized carbons (Fsp3) is 0.357. The molecule has 1 saturated carbocycles. The van der Waals surface area contributed by atoms with Crippen molar-refractivity contribution in [3.63, 3.8) is 0 Å². The van der Waals surface area contributed by atoms with Gasteiger partial charge in [-0.25, -0.2) is 9.50 Å². The molecule has 0 spiro atoms. The summed E-state index contributed by atoms with van der Waals surface area (Å²) in [6.45, 7) is 2.34. The van der Waals surface area contributed by atoms with E-state index in [1.807, 2.05) is 12.1 Å². The molecule has 8 nitrogen and oxygen atoms in total.